The number of ketones is 1. The summed E-state index contributed by atoms with van der Waals surface area (Å²) in [7, 11) is 0. The second-order valence-electron chi connectivity index (χ2n) is 8.76. The third-order valence-corrected chi connectivity index (χ3v) is 5.98. The number of carbonyl (C=O) groups excluding carboxylic acids is 3. The van der Waals surface area contributed by atoms with Crippen LogP contribution in [0.2, 0.25) is 0 Å². The van der Waals surface area contributed by atoms with Crippen LogP contribution in [-0.2, 0) is 38.5 Å². The van der Waals surface area contributed by atoms with E-state index >= 15 is 0 Å². The number of alkyl carbamates (subject to hydrolysis) is 1. The Labute approximate surface area is 210 Å². The number of nitrogens with one attached hydrogen (secondary N) is 2. The van der Waals surface area contributed by atoms with Crippen molar-refractivity contribution in [1.82, 2.24) is 10.6 Å². The lowest BCUT2D eigenvalue weighted by Crippen LogP contribution is -2.53. The van der Waals surface area contributed by atoms with Gasteiger partial charge in [0, 0.05) is 0 Å². The van der Waals surface area contributed by atoms with Crippen molar-refractivity contribution in [3.05, 3.63) is 108 Å². The van der Waals surface area contributed by atoms with Gasteiger partial charge in [-0.05, 0) is 36.0 Å². The lowest BCUT2D eigenvalue weighted by atomic mass is 9.99. The van der Waals surface area contributed by atoms with Crippen LogP contribution in [0.1, 0.15) is 23.1 Å². The summed E-state index contributed by atoms with van der Waals surface area (Å²) in [5, 5.41) is 5.56. The largest absolute Gasteiger partial charge is 0.445 e. The molecule has 4 rings (SSSR count). The molecule has 3 unspecified atom stereocenters. The van der Waals surface area contributed by atoms with Crippen LogP contribution in [0.5, 0.6) is 0 Å². The summed E-state index contributed by atoms with van der Waals surface area (Å²) < 4.78 is 10.5. The zero-order valence-electron chi connectivity index (χ0n) is 20.0. The topological polar surface area (TPSA) is 97.0 Å². The molecule has 0 aromatic heterocycles. The van der Waals surface area contributed by atoms with Crippen LogP contribution in [0.4, 0.5) is 4.79 Å². The maximum absolute atomic E-state index is 13.3. The Bertz CT molecular complexity index is 1130. The van der Waals surface area contributed by atoms with E-state index in [0.717, 1.165) is 16.7 Å². The van der Waals surface area contributed by atoms with Gasteiger partial charge in [0.2, 0.25) is 5.91 Å². The van der Waals surface area contributed by atoms with Crippen molar-refractivity contribution in [2.75, 3.05) is 6.61 Å². The molecule has 0 aliphatic carbocycles. The molecule has 0 saturated carbocycles. The zero-order valence-corrected chi connectivity index (χ0v) is 20.0. The van der Waals surface area contributed by atoms with Crippen molar-refractivity contribution < 1.29 is 23.9 Å². The van der Waals surface area contributed by atoms with E-state index < -0.39 is 30.2 Å². The average molecular weight is 487 g/mol. The van der Waals surface area contributed by atoms with E-state index in [4.69, 9.17) is 9.47 Å². The molecule has 0 radical (unpaired) electrons. The fraction of sp³-hybridized carbons (Fsp3) is 0.276. The predicted octanol–water partition coefficient (Wildman–Crippen LogP) is 3.61. The molecular formula is C29H30N2O5. The summed E-state index contributed by atoms with van der Waals surface area (Å²) in [5.74, 6) is -0.599. The maximum Gasteiger partial charge on any atom is 0.408 e. The molecule has 2 amide bonds. The molecule has 1 saturated heterocycles. The average Bonchev–Trinajstić information content (AvgIpc) is 3.76. The summed E-state index contributed by atoms with van der Waals surface area (Å²) in [6.45, 7) is 0.454. The summed E-state index contributed by atoms with van der Waals surface area (Å²) >= 11 is 0. The van der Waals surface area contributed by atoms with Gasteiger partial charge in [-0.15, -0.1) is 0 Å². The Hall–Kier alpha value is -3.97. The number of epoxide rings is 1. The van der Waals surface area contributed by atoms with E-state index in [9.17, 15) is 14.4 Å². The molecule has 1 aliphatic rings. The third-order valence-electron chi connectivity index (χ3n) is 5.98. The first-order valence-electron chi connectivity index (χ1n) is 12.1. The molecular weight excluding hydrogens is 456 g/mol. The maximum atomic E-state index is 13.3. The Morgan fingerprint density at radius 1 is 0.778 bits per heavy atom. The number of Topliss-reactive ketones (excluding diaryl/α,β-unsaturated/α-hetero) is 1. The Kier molecular flexibility index (Phi) is 8.83. The molecule has 7 heteroatoms. The first-order chi connectivity index (χ1) is 17.6. The number of aryl methyl sites for hydroxylation is 1. The van der Waals surface area contributed by atoms with Crippen LogP contribution >= 0.6 is 0 Å². The van der Waals surface area contributed by atoms with Crippen molar-refractivity contribution in [3.8, 4) is 0 Å². The van der Waals surface area contributed by atoms with Crippen LogP contribution in [0.15, 0.2) is 91.0 Å². The van der Waals surface area contributed by atoms with Crippen LogP contribution in [-0.4, -0.2) is 42.6 Å². The minimum atomic E-state index is -0.875. The van der Waals surface area contributed by atoms with Gasteiger partial charge in [-0.25, -0.2) is 4.79 Å². The van der Waals surface area contributed by atoms with Crippen molar-refractivity contribution in [2.45, 2.75) is 44.1 Å². The van der Waals surface area contributed by atoms with Gasteiger partial charge < -0.3 is 20.1 Å². The normalized spacial score (nSPS) is 15.8. The fourth-order valence-corrected chi connectivity index (χ4v) is 3.91. The van der Waals surface area contributed by atoms with E-state index in [-0.39, 0.29) is 12.4 Å². The minimum absolute atomic E-state index is 0.0911. The van der Waals surface area contributed by atoms with Crippen molar-refractivity contribution in [2.24, 2.45) is 0 Å². The van der Waals surface area contributed by atoms with Crippen molar-refractivity contribution in [1.29, 1.82) is 0 Å². The quantitative estimate of drug-likeness (QED) is 0.381. The highest BCUT2D eigenvalue weighted by atomic mass is 16.6. The second-order valence-corrected chi connectivity index (χ2v) is 8.76. The molecule has 3 aromatic carbocycles. The summed E-state index contributed by atoms with van der Waals surface area (Å²) in [6, 6.07) is 26.9. The van der Waals surface area contributed by atoms with Crippen molar-refractivity contribution >= 4 is 17.8 Å². The van der Waals surface area contributed by atoms with Crippen LogP contribution in [0.25, 0.3) is 0 Å². The number of hydrogen-bond donors (Lipinski definition) is 2. The first-order valence-corrected chi connectivity index (χ1v) is 12.1. The van der Waals surface area contributed by atoms with Gasteiger partial charge in [0.1, 0.15) is 18.8 Å². The minimum Gasteiger partial charge on any atom is -0.445 e. The van der Waals surface area contributed by atoms with Gasteiger partial charge in [-0.3, -0.25) is 9.59 Å². The van der Waals surface area contributed by atoms with Gasteiger partial charge in [0.25, 0.3) is 0 Å². The van der Waals surface area contributed by atoms with Gasteiger partial charge >= 0.3 is 6.09 Å². The van der Waals surface area contributed by atoms with Crippen LogP contribution in [0, 0.1) is 0 Å². The molecule has 7 nitrogen and oxygen atoms in total. The van der Waals surface area contributed by atoms with Crippen molar-refractivity contribution in [3.63, 3.8) is 0 Å². The summed E-state index contributed by atoms with van der Waals surface area (Å²) in [6.07, 6.45) is 0.0764. The molecule has 3 atom stereocenters. The molecule has 3 aromatic rings. The van der Waals surface area contributed by atoms with Gasteiger partial charge in [-0.1, -0.05) is 91.0 Å². The van der Waals surface area contributed by atoms with E-state index in [1.54, 1.807) is 0 Å². The smallest absolute Gasteiger partial charge is 0.408 e. The van der Waals surface area contributed by atoms with Gasteiger partial charge in [0.05, 0.1) is 12.6 Å². The number of rotatable bonds is 12. The molecule has 2 N–H and O–H groups in total. The van der Waals surface area contributed by atoms with E-state index in [1.165, 1.54) is 0 Å². The highest BCUT2D eigenvalue weighted by Gasteiger charge is 2.38. The van der Waals surface area contributed by atoms with Crippen LogP contribution in [0.3, 0.4) is 0 Å². The lowest BCUT2D eigenvalue weighted by molar-refractivity contribution is -0.129. The van der Waals surface area contributed by atoms with Gasteiger partial charge in [0.15, 0.2) is 5.78 Å². The molecule has 36 heavy (non-hydrogen) atoms. The number of carbonyl (C=O) groups is 3. The number of ether oxygens (including phenoxy) is 2. The summed E-state index contributed by atoms with van der Waals surface area (Å²) in [4.78, 5) is 38.8. The molecule has 0 spiro atoms. The first kappa shape index (κ1) is 25.1. The molecule has 1 fully saturated rings. The molecule has 1 aliphatic heterocycles. The standard InChI is InChI=1S/C29H30N2O5/c32-27(26-20-35-26)25(18-22-12-6-2-7-13-22)30-28(33)24(17-16-21-10-4-1-5-11-21)31-29(34)36-19-23-14-8-3-9-15-23/h1-15,24-26H,16-20H2,(H,30,33)(H,31,34). The highest BCUT2D eigenvalue weighted by molar-refractivity contribution is 5.95. The molecule has 0 bridgehead atoms. The number of amides is 2. The Balaban J connectivity index is 1.43. The number of hydrogen-bond acceptors (Lipinski definition) is 5. The molecule has 1 heterocycles. The number of benzene rings is 3. The van der Waals surface area contributed by atoms with E-state index in [2.05, 4.69) is 10.6 Å². The SMILES string of the molecule is O=C(NC(CCc1ccccc1)C(=O)NC(Cc1ccccc1)C(=O)C1CO1)OCc1ccccc1. The predicted molar refractivity (Wildman–Crippen MR) is 135 cm³/mol. The Morgan fingerprint density at radius 3 is 1.92 bits per heavy atom. The van der Waals surface area contributed by atoms with E-state index in [0.29, 0.717) is 25.9 Å². The monoisotopic (exact) mass is 486 g/mol. The van der Waals surface area contributed by atoms with Crippen LogP contribution < -0.4 is 10.6 Å². The fourth-order valence-electron chi connectivity index (χ4n) is 3.91. The second kappa shape index (κ2) is 12.7. The highest BCUT2D eigenvalue weighted by Crippen LogP contribution is 2.16. The Morgan fingerprint density at radius 2 is 1.33 bits per heavy atom. The molecule has 186 valence electrons. The third kappa shape index (κ3) is 7.78. The lowest BCUT2D eigenvalue weighted by Gasteiger charge is -2.23. The zero-order chi connectivity index (χ0) is 25.2. The van der Waals surface area contributed by atoms with E-state index in [1.807, 2.05) is 91.0 Å². The van der Waals surface area contributed by atoms with Gasteiger partial charge in [-0.2, -0.15) is 0 Å². The summed E-state index contributed by atoms with van der Waals surface area (Å²) in [5.41, 5.74) is 2.81.